The van der Waals surface area contributed by atoms with Crippen LogP contribution in [-0.4, -0.2) is 10.9 Å². The minimum absolute atomic E-state index is 0.757. The van der Waals surface area contributed by atoms with Crippen LogP contribution < -0.4 is 0 Å². The summed E-state index contributed by atoms with van der Waals surface area (Å²) in [6, 6.07) is 6.00. The third-order valence-corrected chi connectivity index (χ3v) is 1.81. The zero-order valence-electron chi connectivity index (χ0n) is 6.46. The minimum Gasteiger partial charge on any atom is -0.261 e. The number of pyridine rings is 1. The van der Waals surface area contributed by atoms with E-state index in [1.54, 1.807) is 0 Å². The number of alkyl halides is 1. The fourth-order valence-electron chi connectivity index (χ4n) is 0.947. The molecular weight excluding hydrogens is 158 g/mol. The molecule has 0 unspecified atom stereocenters. The minimum atomic E-state index is 0.757. The molecule has 0 aliphatic rings. The van der Waals surface area contributed by atoms with Crippen molar-refractivity contribution in [3.63, 3.8) is 0 Å². The van der Waals surface area contributed by atoms with Crippen LogP contribution in [0, 0.1) is 0 Å². The number of hydrogen-bond donors (Lipinski definition) is 0. The van der Waals surface area contributed by atoms with E-state index in [2.05, 4.69) is 4.98 Å². The molecule has 1 heterocycles. The average Bonchev–Trinajstić information content (AvgIpc) is 2.07. The maximum absolute atomic E-state index is 5.55. The van der Waals surface area contributed by atoms with E-state index in [0.29, 0.717) is 0 Å². The molecule has 60 valence electrons. The molecular formula is C9H12ClN. The van der Waals surface area contributed by atoms with Gasteiger partial charge in [-0.2, -0.15) is 0 Å². The first kappa shape index (κ1) is 8.54. The summed E-state index contributed by atoms with van der Waals surface area (Å²) in [7, 11) is 0. The lowest BCUT2D eigenvalue weighted by Crippen LogP contribution is -1.88. The summed E-state index contributed by atoms with van der Waals surface area (Å²) < 4.78 is 0. The molecule has 0 saturated heterocycles. The number of hydrogen-bond acceptors (Lipinski definition) is 1. The van der Waals surface area contributed by atoms with Crippen molar-refractivity contribution in [2.24, 2.45) is 0 Å². The molecule has 1 aromatic rings. The Hall–Kier alpha value is -0.560. The number of unbranched alkanes of at least 4 members (excludes halogenated alkanes) is 1. The van der Waals surface area contributed by atoms with Gasteiger partial charge in [0.2, 0.25) is 0 Å². The molecule has 0 amide bonds. The van der Waals surface area contributed by atoms with Crippen LogP contribution in [0.25, 0.3) is 0 Å². The van der Waals surface area contributed by atoms with Crippen molar-refractivity contribution >= 4 is 11.6 Å². The van der Waals surface area contributed by atoms with Crippen molar-refractivity contribution in [2.45, 2.75) is 19.3 Å². The summed E-state index contributed by atoms with van der Waals surface area (Å²) in [5.41, 5.74) is 1.16. The Morgan fingerprint density at radius 3 is 2.82 bits per heavy atom. The second-order valence-electron chi connectivity index (χ2n) is 2.47. The first-order valence-corrected chi connectivity index (χ1v) is 4.43. The third-order valence-electron chi connectivity index (χ3n) is 1.54. The Balaban J connectivity index is 2.28. The van der Waals surface area contributed by atoms with Crippen LogP contribution in [0.4, 0.5) is 0 Å². The highest BCUT2D eigenvalue weighted by Crippen LogP contribution is 2.01. The van der Waals surface area contributed by atoms with Gasteiger partial charge in [0.15, 0.2) is 0 Å². The van der Waals surface area contributed by atoms with Gasteiger partial charge in [-0.05, 0) is 31.4 Å². The Morgan fingerprint density at radius 2 is 2.18 bits per heavy atom. The van der Waals surface area contributed by atoms with Gasteiger partial charge in [-0.1, -0.05) is 6.07 Å². The lowest BCUT2D eigenvalue weighted by molar-refractivity contribution is 0.781. The third kappa shape index (κ3) is 3.38. The molecule has 0 aliphatic carbocycles. The first-order valence-electron chi connectivity index (χ1n) is 3.89. The van der Waals surface area contributed by atoms with Gasteiger partial charge in [0, 0.05) is 17.8 Å². The average molecular weight is 170 g/mol. The van der Waals surface area contributed by atoms with Crippen LogP contribution in [-0.2, 0) is 6.42 Å². The predicted octanol–water partition coefficient (Wildman–Crippen LogP) is 2.64. The number of nitrogens with zero attached hydrogens (tertiary/aromatic N) is 1. The summed E-state index contributed by atoms with van der Waals surface area (Å²) in [5.74, 6) is 0.757. The summed E-state index contributed by atoms with van der Waals surface area (Å²) in [4.78, 5) is 4.21. The monoisotopic (exact) mass is 169 g/mol. The molecule has 0 atom stereocenters. The van der Waals surface area contributed by atoms with Crippen LogP contribution in [0.1, 0.15) is 18.5 Å². The van der Waals surface area contributed by atoms with Gasteiger partial charge in [-0.15, -0.1) is 11.6 Å². The van der Waals surface area contributed by atoms with E-state index in [9.17, 15) is 0 Å². The van der Waals surface area contributed by atoms with Gasteiger partial charge in [0.1, 0.15) is 0 Å². The van der Waals surface area contributed by atoms with Crippen molar-refractivity contribution in [1.82, 2.24) is 4.98 Å². The molecule has 1 rings (SSSR count). The van der Waals surface area contributed by atoms with Crippen molar-refractivity contribution in [2.75, 3.05) is 5.88 Å². The second-order valence-corrected chi connectivity index (χ2v) is 2.85. The molecule has 0 aliphatic heterocycles. The molecule has 11 heavy (non-hydrogen) atoms. The first-order chi connectivity index (χ1) is 5.43. The molecule has 0 radical (unpaired) electrons. The smallest absolute Gasteiger partial charge is 0.0403 e. The van der Waals surface area contributed by atoms with E-state index in [0.717, 1.165) is 30.8 Å². The van der Waals surface area contributed by atoms with Crippen molar-refractivity contribution < 1.29 is 0 Å². The molecule has 0 spiro atoms. The van der Waals surface area contributed by atoms with Crippen molar-refractivity contribution in [1.29, 1.82) is 0 Å². The maximum atomic E-state index is 5.55. The molecule has 1 nitrogen and oxygen atoms in total. The molecule has 0 saturated carbocycles. The summed E-state index contributed by atoms with van der Waals surface area (Å²) >= 11 is 5.55. The van der Waals surface area contributed by atoms with Gasteiger partial charge in [-0.25, -0.2) is 0 Å². The quantitative estimate of drug-likeness (QED) is 0.499. The Labute approximate surface area is 72.4 Å². The van der Waals surface area contributed by atoms with Crippen molar-refractivity contribution in [3.05, 3.63) is 30.1 Å². The van der Waals surface area contributed by atoms with E-state index < -0.39 is 0 Å². The standard InChI is InChI=1S/C9H12ClN/c10-7-3-1-5-9-6-2-4-8-11-9/h2,4,6,8H,1,3,5,7H2. The Kier molecular flexibility index (Phi) is 3.99. The fourth-order valence-corrected chi connectivity index (χ4v) is 1.14. The summed E-state index contributed by atoms with van der Waals surface area (Å²) in [6.07, 6.45) is 5.10. The zero-order chi connectivity index (χ0) is 7.94. The topological polar surface area (TPSA) is 12.9 Å². The lowest BCUT2D eigenvalue weighted by Gasteiger charge is -1.96. The largest absolute Gasteiger partial charge is 0.261 e. The predicted molar refractivity (Wildman–Crippen MR) is 47.9 cm³/mol. The summed E-state index contributed by atoms with van der Waals surface area (Å²) in [6.45, 7) is 0. The molecule has 0 bridgehead atoms. The molecule has 0 N–H and O–H groups in total. The van der Waals surface area contributed by atoms with E-state index in [1.807, 2.05) is 24.4 Å². The number of rotatable bonds is 4. The van der Waals surface area contributed by atoms with E-state index in [4.69, 9.17) is 11.6 Å². The van der Waals surface area contributed by atoms with Gasteiger partial charge in [-0.3, -0.25) is 4.98 Å². The van der Waals surface area contributed by atoms with E-state index in [-0.39, 0.29) is 0 Å². The van der Waals surface area contributed by atoms with Gasteiger partial charge in [0.05, 0.1) is 0 Å². The van der Waals surface area contributed by atoms with Gasteiger partial charge in [0.25, 0.3) is 0 Å². The Morgan fingerprint density at radius 1 is 1.27 bits per heavy atom. The molecule has 0 aromatic carbocycles. The highest BCUT2D eigenvalue weighted by atomic mass is 35.5. The Bertz CT molecular complexity index is 186. The van der Waals surface area contributed by atoms with Crippen LogP contribution in [0.15, 0.2) is 24.4 Å². The fraction of sp³-hybridized carbons (Fsp3) is 0.444. The van der Waals surface area contributed by atoms with Gasteiger partial charge < -0.3 is 0 Å². The highest BCUT2D eigenvalue weighted by Gasteiger charge is 1.91. The van der Waals surface area contributed by atoms with Crippen LogP contribution in [0.2, 0.25) is 0 Å². The molecule has 1 aromatic heterocycles. The summed E-state index contributed by atoms with van der Waals surface area (Å²) in [5, 5.41) is 0. The van der Waals surface area contributed by atoms with Crippen LogP contribution in [0.3, 0.4) is 0 Å². The van der Waals surface area contributed by atoms with Crippen LogP contribution >= 0.6 is 11.6 Å². The number of aryl methyl sites for hydroxylation is 1. The second kappa shape index (κ2) is 5.14. The maximum Gasteiger partial charge on any atom is 0.0403 e. The SMILES string of the molecule is ClCCCCc1ccccn1. The number of aromatic nitrogens is 1. The van der Waals surface area contributed by atoms with E-state index in [1.165, 1.54) is 0 Å². The van der Waals surface area contributed by atoms with Gasteiger partial charge >= 0.3 is 0 Å². The lowest BCUT2D eigenvalue weighted by atomic mass is 10.2. The molecule has 0 fully saturated rings. The highest BCUT2D eigenvalue weighted by molar-refractivity contribution is 6.17. The van der Waals surface area contributed by atoms with Crippen LogP contribution in [0.5, 0.6) is 0 Å². The number of halogens is 1. The van der Waals surface area contributed by atoms with E-state index >= 15 is 0 Å². The normalized spacial score (nSPS) is 9.91. The molecule has 2 heteroatoms. The van der Waals surface area contributed by atoms with Crippen molar-refractivity contribution in [3.8, 4) is 0 Å². The zero-order valence-corrected chi connectivity index (χ0v) is 7.22.